The van der Waals surface area contributed by atoms with Gasteiger partial charge in [-0.15, -0.1) is 6.58 Å². The molecule has 5 heteroatoms. The van der Waals surface area contributed by atoms with Gasteiger partial charge in [-0.05, 0) is 40.9 Å². The summed E-state index contributed by atoms with van der Waals surface area (Å²) >= 11 is 3.22. The molecule has 1 aliphatic rings. The predicted molar refractivity (Wildman–Crippen MR) is 82.4 cm³/mol. The Morgan fingerprint density at radius 1 is 1.45 bits per heavy atom. The first-order valence-electron chi connectivity index (χ1n) is 6.87. The molecule has 0 aromatic heterocycles. The Morgan fingerprint density at radius 3 is 2.80 bits per heavy atom. The monoisotopic (exact) mass is 342 g/mol. The summed E-state index contributed by atoms with van der Waals surface area (Å²) in [5, 5.41) is 13.5. The average Bonchev–Trinajstić information content (AvgIpc) is 2.45. The smallest absolute Gasteiger partial charge is 0.134 e. The second kappa shape index (κ2) is 7.20. The zero-order chi connectivity index (χ0) is 14.5. The SMILES string of the molecule is C=CCC[C@H](c1cc(F)cc(Br)c1O)N1CCNCC1. The minimum absolute atomic E-state index is 0.0158. The van der Waals surface area contributed by atoms with Gasteiger partial charge in [0.05, 0.1) is 4.47 Å². The lowest BCUT2D eigenvalue weighted by Crippen LogP contribution is -2.45. The molecule has 1 aliphatic heterocycles. The van der Waals surface area contributed by atoms with Crippen molar-refractivity contribution in [1.82, 2.24) is 10.2 Å². The Morgan fingerprint density at radius 2 is 2.15 bits per heavy atom. The van der Waals surface area contributed by atoms with E-state index in [0.29, 0.717) is 10.0 Å². The maximum absolute atomic E-state index is 13.7. The zero-order valence-corrected chi connectivity index (χ0v) is 13.0. The lowest BCUT2D eigenvalue weighted by atomic mass is 9.98. The lowest BCUT2D eigenvalue weighted by molar-refractivity contribution is 0.163. The van der Waals surface area contributed by atoms with Crippen LogP contribution >= 0.6 is 15.9 Å². The highest BCUT2D eigenvalue weighted by Crippen LogP contribution is 2.37. The molecule has 2 N–H and O–H groups in total. The highest BCUT2D eigenvalue weighted by molar-refractivity contribution is 9.10. The molecule has 0 bridgehead atoms. The van der Waals surface area contributed by atoms with Crippen LogP contribution in [0, 0.1) is 5.82 Å². The van der Waals surface area contributed by atoms with Crippen LogP contribution in [0.3, 0.4) is 0 Å². The second-order valence-corrected chi connectivity index (χ2v) is 5.85. The van der Waals surface area contributed by atoms with E-state index in [-0.39, 0.29) is 17.6 Å². The zero-order valence-electron chi connectivity index (χ0n) is 11.4. The number of nitrogens with zero attached hydrogens (tertiary/aromatic N) is 1. The molecule has 1 heterocycles. The Bertz CT molecular complexity index is 475. The molecule has 0 radical (unpaired) electrons. The van der Waals surface area contributed by atoms with Gasteiger partial charge >= 0.3 is 0 Å². The summed E-state index contributed by atoms with van der Waals surface area (Å²) in [6, 6.07) is 2.75. The molecule has 0 spiro atoms. The molecule has 1 atom stereocenters. The molecule has 110 valence electrons. The van der Waals surface area contributed by atoms with Crippen LogP contribution in [0.2, 0.25) is 0 Å². The number of nitrogens with one attached hydrogen (secondary N) is 1. The molecule has 0 saturated carbocycles. The summed E-state index contributed by atoms with van der Waals surface area (Å²) in [5.41, 5.74) is 0.653. The average molecular weight is 343 g/mol. The number of allylic oxidation sites excluding steroid dienone is 1. The first-order chi connectivity index (χ1) is 9.63. The van der Waals surface area contributed by atoms with E-state index in [0.717, 1.165) is 39.0 Å². The number of hydrogen-bond donors (Lipinski definition) is 2. The number of aromatic hydroxyl groups is 1. The molecule has 1 saturated heterocycles. The van der Waals surface area contributed by atoms with Crippen LogP contribution in [-0.4, -0.2) is 36.2 Å². The van der Waals surface area contributed by atoms with E-state index in [4.69, 9.17) is 0 Å². The van der Waals surface area contributed by atoms with Gasteiger partial charge in [0.1, 0.15) is 11.6 Å². The maximum Gasteiger partial charge on any atom is 0.134 e. The highest BCUT2D eigenvalue weighted by Gasteiger charge is 2.25. The van der Waals surface area contributed by atoms with Crippen molar-refractivity contribution >= 4 is 15.9 Å². The molecule has 0 aliphatic carbocycles. The van der Waals surface area contributed by atoms with Crippen LogP contribution in [0.15, 0.2) is 29.3 Å². The van der Waals surface area contributed by atoms with Crippen LogP contribution in [0.4, 0.5) is 4.39 Å². The van der Waals surface area contributed by atoms with E-state index in [1.807, 2.05) is 6.08 Å². The lowest BCUT2D eigenvalue weighted by Gasteiger charge is -2.35. The Hall–Kier alpha value is -0.910. The molecular formula is C15H20BrFN2O. The van der Waals surface area contributed by atoms with Crippen LogP contribution in [0.5, 0.6) is 5.75 Å². The first kappa shape index (κ1) is 15.5. The van der Waals surface area contributed by atoms with Crippen molar-refractivity contribution in [3.05, 3.63) is 40.6 Å². The van der Waals surface area contributed by atoms with Gasteiger partial charge < -0.3 is 10.4 Å². The normalized spacial score (nSPS) is 17.9. The maximum atomic E-state index is 13.7. The topological polar surface area (TPSA) is 35.5 Å². The third kappa shape index (κ3) is 3.59. The van der Waals surface area contributed by atoms with E-state index in [1.54, 1.807) is 0 Å². The van der Waals surface area contributed by atoms with Gasteiger partial charge in [-0.25, -0.2) is 4.39 Å². The molecule has 2 rings (SSSR count). The fourth-order valence-electron chi connectivity index (χ4n) is 2.64. The van der Waals surface area contributed by atoms with Crippen LogP contribution < -0.4 is 5.32 Å². The largest absolute Gasteiger partial charge is 0.506 e. The van der Waals surface area contributed by atoms with Crippen molar-refractivity contribution in [2.45, 2.75) is 18.9 Å². The summed E-state index contributed by atoms with van der Waals surface area (Å²) in [6.07, 6.45) is 3.52. The number of benzene rings is 1. The van der Waals surface area contributed by atoms with Gasteiger partial charge in [0, 0.05) is 37.8 Å². The van der Waals surface area contributed by atoms with Gasteiger partial charge in [-0.3, -0.25) is 4.90 Å². The van der Waals surface area contributed by atoms with Crippen LogP contribution in [0.1, 0.15) is 24.4 Å². The minimum atomic E-state index is -0.330. The molecule has 1 fully saturated rings. The number of phenols is 1. The van der Waals surface area contributed by atoms with E-state index < -0.39 is 0 Å². The highest BCUT2D eigenvalue weighted by atomic mass is 79.9. The van der Waals surface area contributed by atoms with Crippen molar-refractivity contribution in [3.8, 4) is 5.75 Å². The van der Waals surface area contributed by atoms with E-state index in [9.17, 15) is 9.50 Å². The molecule has 0 unspecified atom stereocenters. The van der Waals surface area contributed by atoms with Crippen LogP contribution in [-0.2, 0) is 0 Å². The standard InChI is InChI=1S/C15H20BrFN2O/c1-2-3-4-14(19-7-5-18-6-8-19)12-9-11(17)10-13(16)15(12)20/h2,9-10,14,18,20H,1,3-8H2/t14-/m1/s1. The molecule has 1 aromatic carbocycles. The quantitative estimate of drug-likeness (QED) is 0.806. The summed E-state index contributed by atoms with van der Waals surface area (Å²) in [6.45, 7) is 7.39. The third-order valence-corrected chi connectivity index (χ3v) is 4.26. The number of rotatable bonds is 5. The van der Waals surface area contributed by atoms with Gasteiger partial charge in [-0.2, -0.15) is 0 Å². The van der Waals surface area contributed by atoms with Gasteiger partial charge in [0.2, 0.25) is 0 Å². The van der Waals surface area contributed by atoms with Crippen molar-refractivity contribution in [1.29, 1.82) is 0 Å². The van der Waals surface area contributed by atoms with Gasteiger partial charge in [0.15, 0.2) is 0 Å². The molecule has 0 amide bonds. The summed E-state index contributed by atoms with van der Waals surface area (Å²) in [7, 11) is 0. The Kier molecular flexibility index (Phi) is 5.57. The van der Waals surface area contributed by atoms with Gasteiger partial charge in [-0.1, -0.05) is 6.08 Å². The van der Waals surface area contributed by atoms with E-state index in [1.165, 1.54) is 12.1 Å². The number of hydrogen-bond acceptors (Lipinski definition) is 3. The van der Waals surface area contributed by atoms with E-state index in [2.05, 4.69) is 32.7 Å². The van der Waals surface area contributed by atoms with Crippen molar-refractivity contribution < 1.29 is 9.50 Å². The first-order valence-corrected chi connectivity index (χ1v) is 7.66. The van der Waals surface area contributed by atoms with Crippen molar-refractivity contribution in [3.63, 3.8) is 0 Å². The number of halogens is 2. The molecular weight excluding hydrogens is 323 g/mol. The Balaban J connectivity index is 2.31. The summed E-state index contributed by atoms with van der Waals surface area (Å²) in [5.74, 6) is -0.192. The second-order valence-electron chi connectivity index (χ2n) is 4.99. The fraction of sp³-hybridized carbons (Fsp3) is 0.467. The number of phenolic OH excluding ortho intramolecular Hbond substituents is 1. The molecule has 1 aromatic rings. The summed E-state index contributed by atoms with van der Waals surface area (Å²) < 4.78 is 14.1. The molecule has 3 nitrogen and oxygen atoms in total. The summed E-state index contributed by atoms with van der Waals surface area (Å²) in [4.78, 5) is 2.29. The minimum Gasteiger partial charge on any atom is -0.506 e. The predicted octanol–water partition coefficient (Wildman–Crippen LogP) is 3.21. The number of piperazine rings is 1. The van der Waals surface area contributed by atoms with Gasteiger partial charge in [0.25, 0.3) is 0 Å². The van der Waals surface area contributed by atoms with Crippen LogP contribution in [0.25, 0.3) is 0 Å². The third-order valence-electron chi connectivity index (χ3n) is 3.65. The van der Waals surface area contributed by atoms with E-state index >= 15 is 0 Å². The fourth-order valence-corrected chi connectivity index (χ4v) is 3.09. The Labute approximate surface area is 127 Å². The van der Waals surface area contributed by atoms with Crippen molar-refractivity contribution in [2.75, 3.05) is 26.2 Å². The molecule has 20 heavy (non-hydrogen) atoms. The van der Waals surface area contributed by atoms with Crippen molar-refractivity contribution in [2.24, 2.45) is 0 Å².